The number of amides is 1. The van der Waals surface area contributed by atoms with E-state index in [2.05, 4.69) is 0 Å². The van der Waals surface area contributed by atoms with Crippen molar-refractivity contribution < 1.29 is 23.8 Å². The SMILES string of the molecule is CCC(OC)c1c(C(=O)O)ccc(N2C(=O)CSC2c2ccc(F)cc2)c1C. The number of hydrogen-bond donors (Lipinski definition) is 1. The van der Waals surface area contributed by atoms with E-state index >= 15 is 0 Å². The lowest BCUT2D eigenvalue weighted by Gasteiger charge is -2.29. The Hall–Kier alpha value is -2.38. The molecule has 2 aromatic carbocycles. The lowest BCUT2D eigenvalue weighted by molar-refractivity contribution is -0.115. The van der Waals surface area contributed by atoms with Crippen LogP contribution >= 0.6 is 11.8 Å². The van der Waals surface area contributed by atoms with E-state index in [-0.39, 0.29) is 28.8 Å². The monoisotopic (exact) mass is 403 g/mol. The van der Waals surface area contributed by atoms with E-state index in [0.29, 0.717) is 29.0 Å². The molecule has 1 heterocycles. The first-order valence-electron chi connectivity index (χ1n) is 8.97. The van der Waals surface area contributed by atoms with Crippen LogP contribution in [0.15, 0.2) is 36.4 Å². The first kappa shape index (κ1) is 20.4. The second-order valence-electron chi connectivity index (χ2n) is 6.59. The molecule has 0 spiro atoms. The lowest BCUT2D eigenvalue weighted by Crippen LogP contribution is -2.29. The average molecular weight is 403 g/mol. The molecule has 0 aliphatic carbocycles. The molecule has 148 valence electrons. The number of halogens is 1. The molecule has 1 N–H and O–H groups in total. The van der Waals surface area contributed by atoms with E-state index in [1.165, 1.54) is 30.0 Å². The van der Waals surface area contributed by atoms with Gasteiger partial charge < -0.3 is 9.84 Å². The van der Waals surface area contributed by atoms with Gasteiger partial charge in [0.1, 0.15) is 11.2 Å². The van der Waals surface area contributed by atoms with E-state index in [9.17, 15) is 19.1 Å². The van der Waals surface area contributed by atoms with Gasteiger partial charge in [-0.25, -0.2) is 9.18 Å². The summed E-state index contributed by atoms with van der Waals surface area (Å²) in [6.07, 6.45) is 0.214. The fourth-order valence-corrected chi connectivity index (χ4v) is 4.80. The maximum atomic E-state index is 13.3. The summed E-state index contributed by atoms with van der Waals surface area (Å²) < 4.78 is 18.8. The van der Waals surface area contributed by atoms with Gasteiger partial charge in [-0.15, -0.1) is 11.8 Å². The third-order valence-corrected chi connectivity index (χ3v) is 6.19. The number of ether oxygens (including phenoxy) is 1. The highest BCUT2D eigenvalue weighted by molar-refractivity contribution is 8.00. The van der Waals surface area contributed by atoms with Gasteiger partial charge in [0.25, 0.3) is 0 Å². The molecule has 2 atom stereocenters. The number of anilines is 1. The Kier molecular flexibility index (Phi) is 6.05. The van der Waals surface area contributed by atoms with Crippen LogP contribution in [0.25, 0.3) is 0 Å². The predicted molar refractivity (Wildman–Crippen MR) is 107 cm³/mol. The smallest absolute Gasteiger partial charge is 0.336 e. The highest BCUT2D eigenvalue weighted by atomic mass is 32.2. The standard InChI is InChI=1S/C21H22FNO4S/c1-4-17(27-3)19-12(2)16(10-9-15(19)21(25)26)23-18(24)11-28-20(23)13-5-7-14(22)8-6-13/h5-10,17,20H,4,11H2,1-3H3,(H,25,26). The fourth-order valence-electron chi connectivity index (χ4n) is 3.63. The molecule has 28 heavy (non-hydrogen) atoms. The molecule has 1 aliphatic heterocycles. The maximum absolute atomic E-state index is 13.3. The van der Waals surface area contributed by atoms with Crippen LogP contribution in [0, 0.1) is 12.7 Å². The van der Waals surface area contributed by atoms with E-state index in [0.717, 1.165) is 5.56 Å². The number of nitrogens with zero attached hydrogens (tertiary/aromatic N) is 1. The number of carbonyl (C=O) groups is 2. The molecule has 7 heteroatoms. The van der Waals surface area contributed by atoms with Gasteiger partial charge in [0.2, 0.25) is 5.91 Å². The zero-order valence-corrected chi connectivity index (χ0v) is 16.8. The van der Waals surface area contributed by atoms with Gasteiger partial charge in [0, 0.05) is 18.4 Å². The van der Waals surface area contributed by atoms with Crippen LogP contribution in [-0.2, 0) is 9.53 Å². The minimum absolute atomic E-state index is 0.0677. The third kappa shape index (κ3) is 3.64. The van der Waals surface area contributed by atoms with Gasteiger partial charge >= 0.3 is 5.97 Å². The van der Waals surface area contributed by atoms with Crippen molar-refractivity contribution in [3.05, 3.63) is 64.5 Å². The summed E-state index contributed by atoms with van der Waals surface area (Å²) in [5, 5.41) is 9.32. The first-order valence-corrected chi connectivity index (χ1v) is 10.0. The van der Waals surface area contributed by atoms with Crippen molar-refractivity contribution in [2.75, 3.05) is 17.8 Å². The quantitative estimate of drug-likeness (QED) is 0.757. The summed E-state index contributed by atoms with van der Waals surface area (Å²) in [6, 6.07) is 9.29. The Balaban J connectivity index is 2.13. The Morgan fingerprint density at radius 2 is 2.00 bits per heavy atom. The normalized spacial score (nSPS) is 17.8. The first-order chi connectivity index (χ1) is 13.4. The molecule has 5 nitrogen and oxygen atoms in total. The van der Waals surface area contributed by atoms with Crippen molar-refractivity contribution in [1.29, 1.82) is 0 Å². The van der Waals surface area contributed by atoms with Gasteiger partial charge in [0.05, 0.1) is 17.4 Å². The van der Waals surface area contributed by atoms with E-state index in [1.54, 1.807) is 30.2 Å². The molecule has 1 fully saturated rings. The number of carboxylic acids is 1. The van der Waals surface area contributed by atoms with Crippen molar-refractivity contribution in [3.8, 4) is 0 Å². The number of carbonyl (C=O) groups excluding carboxylic acids is 1. The zero-order chi connectivity index (χ0) is 20.4. The number of carboxylic acid groups (broad SMARTS) is 1. The number of benzene rings is 2. The summed E-state index contributed by atoms with van der Waals surface area (Å²) in [5.41, 5.74) is 2.93. The zero-order valence-electron chi connectivity index (χ0n) is 15.9. The predicted octanol–water partition coefficient (Wildman–Crippen LogP) is 4.71. The van der Waals surface area contributed by atoms with Gasteiger partial charge in [0.15, 0.2) is 0 Å². The molecule has 3 rings (SSSR count). The molecule has 2 unspecified atom stereocenters. The van der Waals surface area contributed by atoms with Crippen molar-refractivity contribution in [3.63, 3.8) is 0 Å². The van der Waals surface area contributed by atoms with Crippen LogP contribution in [-0.4, -0.2) is 29.8 Å². The molecular formula is C21H22FNO4S. The minimum atomic E-state index is -1.03. The fraction of sp³-hybridized carbons (Fsp3) is 0.333. The van der Waals surface area contributed by atoms with Gasteiger partial charge in [-0.2, -0.15) is 0 Å². The van der Waals surface area contributed by atoms with Crippen molar-refractivity contribution in [2.24, 2.45) is 0 Å². The molecular weight excluding hydrogens is 381 g/mol. The van der Waals surface area contributed by atoms with Crippen LogP contribution in [0.3, 0.4) is 0 Å². The second-order valence-corrected chi connectivity index (χ2v) is 7.66. The Morgan fingerprint density at radius 1 is 1.32 bits per heavy atom. The highest BCUT2D eigenvalue weighted by Crippen LogP contribution is 2.44. The number of methoxy groups -OCH3 is 1. The molecule has 1 aliphatic rings. The lowest BCUT2D eigenvalue weighted by atomic mass is 9.93. The van der Waals surface area contributed by atoms with E-state index in [1.807, 2.05) is 13.8 Å². The van der Waals surface area contributed by atoms with Crippen LogP contribution in [0.2, 0.25) is 0 Å². The molecule has 0 bridgehead atoms. The molecule has 1 amide bonds. The molecule has 0 saturated carbocycles. The minimum Gasteiger partial charge on any atom is -0.478 e. The third-order valence-electron chi connectivity index (χ3n) is 4.98. The summed E-state index contributed by atoms with van der Waals surface area (Å²) in [4.78, 5) is 26.1. The Bertz CT molecular complexity index is 896. The van der Waals surface area contributed by atoms with Gasteiger partial charge in [-0.3, -0.25) is 9.69 Å². The topological polar surface area (TPSA) is 66.8 Å². The van der Waals surface area contributed by atoms with Crippen LogP contribution in [0.1, 0.15) is 51.9 Å². The highest BCUT2D eigenvalue weighted by Gasteiger charge is 2.36. The molecule has 1 saturated heterocycles. The average Bonchev–Trinajstić information content (AvgIpc) is 3.05. The number of hydrogen-bond acceptors (Lipinski definition) is 4. The van der Waals surface area contributed by atoms with Crippen molar-refractivity contribution in [2.45, 2.75) is 31.7 Å². The largest absolute Gasteiger partial charge is 0.478 e. The summed E-state index contributed by atoms with van der Waals surface area (Å²) >= 11 is 1.46. The van der Waals surface area contributed by atoms with Crippen LogP contribution in [0.5, 0.6) is 0 Å². The number of thioether (sulfide) groups is 1. The number of rotatable bonds is 6. The molecule has 2 aromatic rings. The van der Waals surface area contributed by atoms with Crippen LogP contribution in [0.4, 0.5) is 10.1 Å². The van der Waals surface area contributed by atoms with Crippen molar-refractivity contribution in [1.82, 2.24) is 0 Å². The Labute approximate surface area is 167 Å². The maximum Gasteiger partial charge on any atom is 0.336 e. The van der Waals surface area contributed by atoms with Gasteiger partial charge in [-0.1, -0.05) is 19.1 Å². The summed E-state index contributed by atoms with van der Waals surface area (Å²) in [6.45, 7) is 3.74. The molecule has 0 aromatic heterocycles. The van der Waals surface area contributed by atoms with Crippen molar-refractivity contribution >= 4 is 29.3 Å². The van der Waals surface area contributed by atoms with E-state index < -0.39 is 5.97 Å². The Morgan fingerprint density at radius 3 is 2.57 bits per heavy atom. The summed E-state index contributed by atoms with van der Waals surface area (Å²) in [5.74, 6) is -1.13. The summed E-state index contributed by atoms with van der Waals surface area (Å²) in [7, 11) is 1.55. The van der Waals surface area contributed by atoms with Gasteiger partial charge in [-0.05, 0) is 48.7 Å². The molecule has 0 radical (unpaired) electrons. The van der Waals surface area contributed by atoms with Crippen LogP contribution < -0.4 is 4.90 Å². The van der Waals surface area contributed by atoms with E-state index in [4.69, 9.17) is 4.74 Å². The number of aromatic carboxylic acids is 1. The second kappa shape index (κ2) is 8.32.